The van der Waals surface area contributed by atoms with Crippen molar-refractivity contribution in [2.45, 2.75) is 43.8 Å². The molecule has 150 valence electrons. The summed E-state index contributed by atoms with van der Waals surface area (Å²) in [6.45, 7) is 3.47. The Morgan fingerprint density at radius 3 is 2.81 bits per heavy atom. The minimum Gasteiger partial charge on any atom is -0.497 e. The number of benzene rings is 1. The van der Waals surface area contributed by atoms with Crippen molar-refractivity contribution in [3.05, 3.63) is 29.8 Å². The smallest absolute Gasteiger partial charge is 0.226 e. The van der Waals surface area contributed by atoms with E-state index in [0.717, 1.165) is 56.7 Å². The average molecular weight is 377 g/mol. The minimum absolute atomic E-state index is 0.136. The third kappa shape index (κ3) is 5.43. The van der Waals surface area contributed by atoms with Gasteiger partial charge >= 0.3 is 0 Å². The maximum atomic E-state index is 12.7. The van der Waals surface area contributed by atoms with Gasteiger partial charge in [0.25, 0.3) is 0 Å². The van der Waals surface area contributed by atoms with Crippen LogP contribution in [0.3, 0.4) is 0 Å². The van der Waals surface area contributed by atoms with Gasteiger partial charge in [0.05, 0.1) is 38.4 Å². The largest absolute Gasteiger partial charge is 0.497 e. The lowest BCUT2D eigenvalue weighted by atomic mass is 9.83. The highest BCUT2D eigenvalue weighted by Crippen LogP contribution is 2.36. The summed E-state index contributed by atoms with van der Waals surface area (Å²) < 4.78 is 22.4. The van der Waals surface area contributed by atoms with Crippen LogP contribution in [-0.4, -0.2) is 69.6 Å². The molecule has 0 N–H and O–H groups in total. The Morgan fingerprint density at radius 2 is 2.07 bits per heavy atom. The van der Waals surface area contributed by atoms with Crippen molar-refractivity contribution in [1.29, 1.82) is 0 Å². The molecule has 2 saturated heterocycles. The van der Waals surface area contributed by atoms with E-state index in [2.05, 4.69) is 0 Å². The number of methoxy groups -OCH3 is 2. The number of piperidine rings is 1. The molecule has 3 rings (SSSR count). The molecular weight excluding hydrogens is 346 g/mol. The number of ether oxygens (including phenoxy) is 4. The van der Waals surface area contributed by atoms with E-state index in [0.29, 0.717) is 19.6 Å². The summed E-state index contributed by atoms with van der Waals surface area (Å²) in [4.78, 5) is 14.6. The van der Waals surface area contributed by atoms with Crippen molar-refractivity contribution in [3.63, 3.8) is 0 Å². The van der Waals surface area contributed by atoms with Gasteiger partial charge in [-0.15, -0.1) is 0 Å². The predicted molar refractivity (Wildman–Crippen MR) is 102 cm³/mol. The summed E-state index contributed by atoms with van der Waals surface area (Å²) in [5.74, 6) is 0.954. The predicted octanol–water partition coefficient (Wildman–Crippen LogP) is 2.44. The van der Waals surface area contributed by atoms with E-state index >= 15 is 0 Å². The van der Waals surface area contributed by atoms with Gasteiger partial charge in [-0.3, -0.25) is 4.79 Å². The number of hydrogen-bond donors (Lipinski definition) is 0. The Balaban J connectivity index is 1.49. The van der Waals surface area contributed by atoms with Crippen molar-refractivity contribution in [3.8, 4) is 5.75 Å². The third-order valence-corrected chi connectivity index (χ3v) is 5.61. The number of carbonyl (C=O) groups excluding carboxylic acids is 1. The van der Waals surface area contributed by atoms with Gasteiger partial charge in [0, 0.05) is 33.2 Å². The molecule has 1 amide bonds. The second-order valence-corrected chi connectivity index (χ2v) is 7.42. The molecule has 0 radical (unpaired) electrons. The van der Waals surface area contributed by atoms with E-state index in [1.807, 2.05) is 29.2 Å². The lowest BCUT2D eigenvalue weighted by molar-refractivity contribution is -0.162. The summed E-state index contributed by atoms with van der Waals surface area (Å²) in [5.41, 5.74) is 0.850. The van der Waals surface area contributed by atoms with E-state index in [9.17, 15) is 4.79 Å². The molecule has 1 atom stereocenters. The summed E-state index contributed by atoms with van der Waals surface area (Å²) in [6.07, 6.45) is 4.24. The number of hydrogen-bond acceptors (Lipinski definition) is 5. The van der Waals surface area contributed by atoms with Gasteiger partial charge in [0.2, 0.25) is 5.91 Å². The van der Waals surface area contributed by atoms with Gasteiger partial charge in [-0.25, -0.2) is 0 Å². The first-order valence-electron chi connectivity index (χ1n) is 9.79. The van der Waals surface area contributed by atoms with Crippen molar-refractivity contribution >= 4 is 5.91 Å². The molecular formula is C21H31NO5. The minimum atomic E-state index is -0.136. The van der Waals surface area contributed by atoms with Crippen LogP contribution < -0.4 is 4.74 Å². The molecule has 27 heavy (non-hydrogen) atoms. The van der Waals surface area contributed by atoms with Crippen LogP contribution in [-0.2, 0) is 25.4 Å². The van der Waals surface area contributed by atoms with Crippen molar-refractivity contribution in [1.82, 2.24) is 4.90 Å². The van der Waals surface area contributed by atoms with E-state index in [-0.39, 0.29) is 17.6 Å². The molecule has 1 spiro atoms. The lowest BCUT2D eigenvalue weighted by Crippen LogP contribution is -2.52. The molecule has 2 aliphatic heterocycles. The van der Waals surface area contributed by atoms with Gasteiger partial charge in [0.1, 0.15) is 5.75 Å². The highest BCUT2D eigenvalue weighted by atomic mass is 16.5. The van der Waals surface area contributed by atoms with Crippen LogP contribution in [0.1, 0.15) is 31.2 Å². The normalized spacial score (nSPS) is 22.0. The average Bonchev–Trinajstić information content (AvgIpc) is 2.69. The van der Waals surface area contributed by atoms with E-state index in [1.54, 1.807) is 14.2 Å². The molecule has 6 heteroatoms. The van der Waals surface area contributed by atoms with Crippen molar-refractivity contribution in [2.24, 2.45) is 0 Å². The van der Waals surface area contributed by atoms with Gasteiger partial charge < -0.3 is 23.8 Å². The zero-order chi connectivity index (χ0) is 19.1. The van der Waals surface area contributed by atoms with E-state index in [1.165, 1.54) is 0 Å². The second kappa shape index (κ2) is 9.53. The fourth-order valence-corrected chi connectivity index (χ4v) is 4.00. The zero-order valence-corrected chi connectivity index (χ0v) is 16.4. The molecule has 2 heterocycles. The fraction of sp³-hybridized carbons (Fsp3) is 0.667. The van der Waals surface area contributed by atoms with Crippen molar-refractivity contribution < 1.29 is 23.7 Å². The number of likely N-dealkylation sites (tertiary alicyclic amines) is 1. The molecule has 2 fully saturated rings. The first kappa shape index (κ1) is 20.1. The third-order valence-electron chi connectivity index (χ3n) is 5.61. The topological polar surface area (TPSA) is 57.2 Å². The fourth-order valence-electron chi connectivity index (χ4n) is 4.00. The monoisotopic (exact) mass is 377 g/mol. The lowest BCUT2D eigenvalue weighted by Gasteiger charge is -2.46. The highest BCUT2D eigenvalue weighted by molar-refractivity contribution is 5.79. The summed E-state index contributed by atoms with van der Waals surface area (Å²) in [5, 5.41) is 0. The Hall–Kier alpha value is -1.63. The number of carbonyl (C=O) groups is 1. The SMILES string of the molecule is COCCOC1CCOC2(CCN(C(=O)Cc3cccc(OC)c3)CC2)C1. The molecule has 0 saturated carbocycles. The van der Waals surface area contributed by atoms with Crippen LogP contribution in [0.5, 0.6) is 5.75 Å². The molecule has 1 aromatic rings. The molecule has 1 aromatic carbocycles. The van der Waals surface area contributed by atoms with Crippen LogP contribution in [0.4, 0.5) is 0 Å². The quantitative estimate of drug-likeness (QED) is 0.683. The molecule has 1 unspecified atom stereocenters. The van der Waals surface area contributed by atoms with E-state index < -0.39 is 0 Å². The Morgan fingerprint density at radius 1 is 1.26 bits per heavy atom. The van der Waals surface area contributed by atoms with Gasteiger partial charge in [-0.2, -0.15) is 0 Å². The molecule has 0 aliphatic carbocycles. The Kier molecular flexibility index (Phi) is 7.10. The second-order valence-electron chi connectivity index (χ2n) is 7.42. The van der Waals surface area contributed by atoms with Gasteiger partial charge in [-0.1, -0.05) is 12.1 Å². The standard InChI is InChI=1S/C21H31NO5/c1-24-12-13-26-19-6-11-27-21(16-19)7-9-22(10-8-21)20(23)15-17-4-3-5-18(14-17)25-2/h3-5,14,19H,6-13,15-16H2,1-2H3. The number of rotatable bonds is 7. The highest BCUT2D eigenvalue weighted by Gasteiger charge is 2.41. The van der Waals surface area contributed by atoms with Crippen LogP contribution >= 0.6 is 0 Å². The van der Waals surface area contributed by atoms with Gasteiger partial charge in [-0.05, 0) is 37.0 Å². The zero-order valence-electron chi connectivity index (χ0n) is 16.4. The number of amides is 1. The summed E-state index contributed by atoms with van der Waals surface area (Å²) in [6, 6.07) is 7.71. The number of nitrogens with zero attached hydrogens (tertiary/aromatic N) is 1. The first-order chi connectivity index (χ1) is 13.1. The van der Waals surface area contributed by atoms with E-state index in [4.69, 9.17) is 18.9 Å². The maximum Gasteiger partial charge on any atom is 0.226 e. The summed E-state index contributed by atoms with van der Waals surface area (Å²) in [7, 11) is 3.33. The molecule has 6 nitrogen and oxygen atoms in total. The van der Waals surface area contributed by atoms with Crippen LogP contribution in [0.25, 0.3) is 0 Å². The first-order valence-corrected chi connectivity index (χ1v) is 9.79. The van der Waals surface area contributed by atoms with Crippen LogP contribution in [0.15, 0.2) is 24.3 Å². The molecule has 2 aliphatic rings. The summed E-state index contributed by atoms with van der Waals surface area (Å²) >= 11 is 0. The Bertz CT molecular complexity index is 612. The maximum absolute atomic E-state index is 12.7. The molecule has 0 bridgehead atoms. The van der Waals surface area contributed by atoms with Crippen molar-refractivity contribution in [2.75, 3.05) is 47.1 Å². The Labute approximate surface area is 161 Å². The van der Waals surface area contributed by atoms with Crippen LogP contribution in [0.2, 0.25) is 0 Å². The molecule has 0 aromatic heterocycles. The van der Waals surface area contributed by atoms with Crippen LogP contribution in [0, 0.1) is 0 Å². The van der Waals surface area contributed by atoms with Gasteiger partial charge in [0.15, 0.2) is 0 Å².